The van der Waals surface area contributed by atoms with Crippen LogP contribution in [0.4, 0.5) is 26.3 Å². The zero-order chi connectivity index (χ0) is 25.1. The summed E-state index contributed by atoms with van der Waals surface area (Å²) in [5.41, 5.74) is -1.30. The first kappa shape index (κ1) is 26.2. The van der Waals surface area contributed by atoms with Crippen molar-refractivity contribution < 1.29 is 40.6 Å². The van der Waals surface area contributed by atoms with Crippen molar-refractivity contribution in [2.75, 3.05) is 13.2 Å². The van der Waals surface area contributed by atoms with Gasteiger partial charge in [-0.05, 0) is 55.2 Å². The molecule has 0 aromatic heterocycles. The fraction of sp³-hybridized carbons (Fsp3) is 0.458. The second-order valence-electron chi connectivity index (χ2n) is 8.18. The van der Waals surface area contributed by atoms with Gasteiger partial charge in [-0.3, -0.25) is 4.79 Å². The summed E-state index contributed by atoms with van der Waals surface area (Å²) in [4.78, 5) is 13.0. The molecule has 1 fully saturated rings. The summed E-state index contributed by atoms with van der Waals surface area (Å²) in [7, 11) is 0. The van der Waals surface area contributed by atoms with Crippen molar-refractivity contribution in [3.05, 3.63) is 52.5 Å². The van der Waals surface area contributed by atoms with E-state index in [0.717, 1.165) is 43.5 Å². The highest BCUT2D eigenvalue weighted by molar-refractivity contribution is 6.32. The molecule has 0 unspecified atom stereocenters. The third-order valence-electron chi connectivity index (χ3n) is 5.87. The van der Waals surface area contributed by atoms with Crippen molar-refractivity contribution in [2.45, 2.75) is 56.8 Å². The largest absolute Gasteiger partial charge is 0.482 e. The Bertz CT molecular complexity index is 1010. The molecule has 1 saturated carbocycles. The quantitative estimate of drug-likeness (QED) is 0.296. The zero-order valence-corrected chi connectivity index (χ0v) is 19.0. The Hall–Kier alpha value is -2.42. The van der Waals surface area contributed by atoms with Gasteiger partial charge >= 0.3 is 18.3 Å². The summed E-state index contributed by atoms with van der Waals surface area (Å²) >= 11 is 6.36. The molecule has 2 aromatic rings. The molecule has 0 radical (unpaired) electrons. The van der Waals surface area contributed by atoms with Crippen molar-refractivity contribution in [3.8, 4) is 16.9 Å². The Balaban J connectivity index is 2.17. The molecule has 10 heteroatoms. The molecule has 0 amide bonds. The van der Waals surface area contributed by atoms with Gasteiger partial charge in [0.25, 0.3) is 0 Å². The highest BCUT2D eigenvalue weighted by Gasteiger charge is 2.43. The van der Waals surface area contributed by atoms with E-state index in [1.54, 1.807) is 6.92 Å². The molecule has 0 N–H and O–H groups in total. The number of carbonyl (C=O) groups excluding carboxylic acids is 1. The fourth-order valence-corrected chi connectivity index (χ4v) is 4.53. The molecule has 1 aliphatic carbocycles. The van der Waals surface area contributed by atoms with Crippen molar-refractivity contribution in [1.82, 2.24) is 0 Å². The minimum absolute atomic E-state index is 0.0646. The molecule has 34 heavy (non-hydrogen) atoms. The molecule has 1 aliphatic rings. The Morgan fingerprint density at radius 1 is 1.00 bits per heavy atom. The Morgan fingerprint density at radius 3 is 2.15 bits per heavy atom. The van der Waals surface area contributed by atoms with Crippen LogP contribution < -0.4 is 4.74 Å². The monoisotopic (exact) mass is 508 g/mol. The molecule has 3 nitrogen and oxygen atoms in total. The normalized spacial score (nSPS) is 16.2. The summed E-state index contributed by atoms with van der Waals surface area (Å²) in [5, 5.41) is -0.175. The van der Waals surface area contributed by atoms with E-state index in [9.17, 15) is 31.1 Å². The van der Waals surface area contributed by atoms with Crippen molar-refractivity contribution in [3.63, 3.8) is 0 Å². The summed E-state index contributed by atoms with van der Waals surface area (Å²) in [6, 6.07) is 6.79. The number of benzene rings is 2. The molecule has 3 rings (SSSR count). The van der Waals surface area contributed by atoms with E-state index in [2.05, 4.69) is 0 Å². The van der Waals surface area contributed by atoms with Crippen LogP contribution in [0, 0.1) is 0 Å². The average molecular weight is 509 g/mol. The molecule has 0 aliphatic heterocycles. The molecule has 0 bridgehead atoms. The third kappa shape index (κ3) is 5.79. The fourth-order valence-electron chi connectivity index (χ4n) is 4.26. The average Bonchev–Trinajstić information content (AvgIpc) is 2.77. The molecule has 0 saturated heterocycles. The van der Waals surface area contributed by atoms with Crippen molar-refractivity contribution >= 4 is 17.6 Å². The van der Waals surface area contributed by atoms with Crippen LogP contribution in [-0.4, -0.2) is 25.4 Å². The molecule has 0 atom stereocenters. The highest BCUT2D eigenvalue weighted by Crippen LogP contribution is 2.46. The van der Waals surface area contributed by atoms with Crippen LogP contribution in [0.5, 0.6) is 5.75 Å². The first-order chi connectivity index (χ1) is 15.9. The van der Waals surface area contributed by atoms with Gasteiger partial charge in [-0.15, -0.1) is 0 Å². The number of alkyl halides is 6. The van der Waals surface area contributed by atoms with Crippen LogP contribution >= 0.6 is 11.6 Å². The zero-order valence-electron chi connectivity index (χ0n) is 18.3. The van der Waals surface area contributed by atoms with E-state index in [0.29, 0.717) is 18.4 Å². The lowest BCUT2D eigenvalue weighted by molar-refractivity contribution is -0.153. The third-order valence-corrected chi connectivity index (χ3v) is 6.15. The van der Waals surface area contributed by atoms with Gasteiger partial charge in [-0.1, -0.05) is 43.0 Å². The molecular formula is C24H23ClF6O3. The van der Waals surface area contributed by atoms with Crippen molar-refractivity contribution in [1.29, 1.82) is 0 Å². The first-order valence-corrected chi connectivity index (χ1v) is 11.1. The standard InChI is InChI=1S/C24H23ClF6O3/c1-2-33-21(32)22(10-4-3-5-11-22)17-12-18(15-6-8-16(9-7-15)24(29,30)31)20(19(25)13-17)34-14-23(26,27)28/h6-9,12-13H,2-5,10-11,14H2,1H3. The van der Waals surface area contributed by atoms with E-state index < -0.39 is 35.9 Å². The maximum absolute atomic E-state index is 13.0. The van der Waals surface area contributed by atoms with E-state index in [1.807, 2.05) is 0 Å². The van der Waals surface area contributed by atoms with Gasteiger partial charge in [0.1, 0.15) is 5.75 Å². The van der Waals surface area contributed by atoms with Gasteiger partial charge in [-0.25, -0.2) is 0 Å². The predicted octanol–water partition coefficient (Wildman–Crippen LogP) is 7.73. The molecule has 186 valence electrons. The Morgan fingerprint density at radius 2 is 1.62 bits per heavy atom. The number of hydrogen-bond acceptors (Lipinski definition) is 3. The molecule has 0 heterocycles. The summed E-state index contributed by atoms with van der Waals surface area (Å²) in [6.07, 6.45) is -5.95. The summed E-state index contributed by atoms with van der Waals surface area (Å²) in [6.45, 7) is 0.179. The van der Waals surface area contributed by atoms with Crippen LogP contribution in [-0.2, 0) is 21.1 Å². The lowest BCUT2D eigenvalue weighted by Gasteiger charge is -2.36. The van der Waals surface area contributed by atoms with E-state index in [4.69, 9.17) is 21.1 Å². The van der Waals surface area contributed by atoms with Gasteiger partial charge in [0.15, 0.2) is 6.61 Å². The number of halogens is 7. The second kappa shape index (κ2) is 10.1. The molecule has 0 spiro atoms. The lowest BCUT2D eigenvalue weighted by atomic mass is 9.69. The second-order valence-corrected chi connectivity index (χ2v) is 8.58. The van der Waals surface area contributed by atoms with E-state index in [1.165, 1.54) is 12.1 Å². The lowest BCUT2D eigenvalue weighted by Crippen LogP contribution is -2.39. The van der Waals surface area contributed by atoms with Crippen LogP contribution in [0.3, 0.4) is 0 Å². The van der Waals surface area contributed by atoms with Crippen LogP contribution in [0.15, 0.2) is 36.4 Å². The topological polar surface area (TPSA) is 35.5 Å². The molecule has 2 aromatic carbocycles. The number of rotatable bonds is 6. The number of esters is 1. The Labute approximate surface area is 198 Å². The van der Waals surface area contributed by atoms with Gasteiger partial charge in [0.2, 0.25) is 0 Å². The first-order valence-electron chi connectivity index (χ1n) is 10.8. The number of carbonyl (C=O) groups is 1. The van der Waals surface area contributed by atoms with Gasteiger partial charge in [0, 0.05) is 5.56 Å². The minimum atomic E-state index is -4.66. The maximum atomic E-state index is 13.0. The number of hydrogen-bond donors (Lipinski definition) is 0. The maximum Gasteiger partial charge on any atom is 0.422 e. The predicted molar refractivity (Wildman–Crippen MR) is 115 cm³/mol. The van der Waals surface area contributed by atoms with Gasteiger partial charge in [0.05, 0.1) is 22.6 Å². The summed E-state index contributed by atoms with van der Waals surface area (Å²) < 4.78 is 87.9. The van der Waals surface area contributed by atoms with Gasteiger partial charge in [-0.2, -0.15) is 26.3 Å². The Kier molecular flexibility index (Phi) is 7.75. The van der Waals surface area contributed by atoms with Gasteiger partial charge < -0.3 is 9.47 Å². The van der Waals surface area contributed by atoms with Crippen LogP contribution in [0.1, 0.15) is 50.2 Å². The van der Waals surface area contributed by atoms with E-state index >= 15 is 0 Å². The number of ether oxygens (including phenoxy) is 2. The van der Waals surface area contributed by atoms with Crippen LogP contribution in [0.2, 0.25) is 5.02 Å². The summed E-state index contributed by atoms with van der Waals surface area (Å²) in [5.74, 6) is -0.787. The SMILES string of the molecule is CCOC(=O)C1(c2cc(Cl)c(OCC(F)(F)F)c(-c3ccc(C(F)(F)F)cc3)c2)CCCCC1. The van der Waals surface area contributed by atoms with E-state index in [-0.39, 0.29) is 28.5 Å². The van der Waals surface area contributed by atoms with Crippen LogP contribution in [0.25, 0.3) is 11.1 Å². The highest BCUT2D eigenvalue weighted by atomic mass is 35.5. The van der Waals surface area contributed by atoms with Crippen molar-refractivity contribution in [2.24, 2.45) is 0 Å². The molecular weight excluding hydrogens is 486 g/mol. The minimum Gasteiger partial charge on any atom is -0.482 e. The smallest absolute Gasteiger partial charge is 0.422 e.